The Balaban J connectivity index is 2.16. The Hall–Kier alpha value is -0.340. The fraction of sp³-hybridized carbons (Fsp3) is 0.667. The molecule has 1 heterocycles. The van der Waals surface area contributed by atoms with Crippen LogP contribution in [0.4, 0.5) is 0 Å². The van der Waals surface area contributed by atoms with E-state index >= 15 is 0 Å². The van der Waals surface area contributed by atoms with E-state index in [1.807, 2.05) is 11.3 Å². The van der Waals surface area contributed by atoms with Crippen LogP contribution < -0.4 is 5.32 Å². The average molecular weight is 209 g/mol. The van der Waals surface area contributed by atoms with E-state index in [9.17, 15) is 0 Å². The zero-order chi connectivity index (χ0) is 10.1. The molecule has 1 nitrogen and oxygen atoms in total. The maximum absolute atomic E-state index is 3.47. The molecule has 2 atom stereocenters. The molecule has 1 saturated carbocycles. The van der Waals surface area contributed by atoms with E-state index in [2.05, 4.69) is 37.7 Å². The summed E-state index contributed by atoms with van der Waals surface area (Å²) in [6, 6.07) is 2.84. The minimum Gasteiger partial charge on any atom is -0.313 e. The van der Waals surface area contributed by atoms with Crippen LogP contribution in [0.2, 0.25) is 0 Å². The lowest BCUT2D eigenvalue weighted by atomic mass is 9.91. The van der Waals surface area contributed by atoms with Crippen LogP contribution in [0.5, 0.6) is 0 Å². The van der Waals surface area contributed by atoms with Crippen LogP contribution in [0.25, 0.3) is 0 Å². The Morgan fingerprint density at radius 1 is 1.50 bits per heavy atom. The summed E-state index contributed by atoms with van der Waals surface area (Å²) in [5.74, 6) is 1.75. The molecule has 1 aliphatic rings. The maximum Gasteiger partial charge on any atom is 0.0357 e. The van der Waals surface area contributed by atoms with E-state index in [4.69, 9.17) is 0 Å². The minimum absolute atomic E-state index is 0.564. The Morgan fingerprint density at radius 2 is 2.21 bits per heavy atom. The van der Waals surface area contributed by atoms with E-state index in [0.717, 1.165) is 11.8 Å². The number of aryl methyl sites for hydroxylation is 1. The number of hydrogen-bond donors (Lipinski definition) is 1. The summed E-state index contributed by atoms with van der Waals surface area (Å²) in [7, 11) is 2.08. The van der Waals surface area contributed by atoms with E-state index < -0.39 is 0 Å². The van der Waals surface area contributed by atoms with Crippen molar-refractivity contribution in [2.45, 2.75) is 32.7 Å². The number of rotatable bonds is 4. The SMILES string of the molecule is CNC(c1ccsc1C)C(C)C1CC1. The third kappa shape index (κ3) is 1.86. The second kappa shape index (κ2) is 4.03. The van der Waals surface area contributed by atoms with Crippen molar-refractivity contribution in [1.29, 1.82) is 0 Å². The molecule has 0 saturated heterocycles. The first-order chi connectivity index (χ1) is 6.74. The third-order valence-corrected chi connectivity index (χ3v) is 4.30. The molecular formula is C12H19NS. The highest BCUT2D eigenvalue weighted by Crippen LogP contribution is 2.43. The topological polar surface area (TPSA) is 12.0 Å². The minimum atomic E-state index is 0.564. The Bertz CT molecular complexity index is 301. The summed E-state index contributed by atoms with van der Waals surface area (Å²) in [5, 5.41) is 5.68. The number of hydrogen-bond acceptors (Lipinski definition) is 2. The smallest absolute Gasteiger partial charge is 0.0357 e. The summed E-state index contributed by atoms with van der Waals surface area (Å²) in [6.45, 7) is 4.61. The van der Waals surface area contributed by atoms with Crippen molar-refractivity contribution in [3.8, 4) is 0 Å². The molecule has 2 unspecified atom stereocenters. The van der Waals surface area contributed by atoms with Crippen molar-refractivity contribution < 1.29 is 0 Å². The second-order valence-corrected chi connectivity index (χ2v) is 5.52. The molecule has 0 aromatic carbocycles. The average Bonchev–Trinajstić information content (AvgIpc) is 2.94. The van der Waals surface area contributed by atoms with Gasteiger partial charge in [-0.05, 0) is 55.7 Å². The van der Waals surface area contributed by atoms with Crippen molar-refractivity contribution in [1.82, 2.24) is 5.32 Å². The van der Waals surface area contributed by atoms with Crippen LogP contribution >= 0.6 is 11.3 Å². The van der Waals surface area contributed by atoms with Gasteiger partial charge in [0.25, 0.3) is 0 Å². The van der Waals surface area contributed by atoms with Crippen LogP contribution in [0.15, 0.2) is 11.4 Å². The molecular weight excluding hydrogens is 190 g/mol. The first-order valence-corrected chi connectivity index (χ1v) is 6.33. The fourth-order valence-corrected chi connectivity index (χ4v) is 3.06. The molecule has 2 rings (SSSR count). The quantitative estimate of drug-likeness (QED) is 0.801. The summed E-state index contributed by atoms with van der Waals surface area (Å²) in [5.41, 5.74) is 1.51. The van der Waals surface area contributed by atoms with Gasteiger partial charge in [0.15, 0.2) is 0 Å². The van der Waals surface area contributed by atoms with Gasteiger partial charge in [0.2, 0.25) is 0 Å². The summed E-state index contributed by atoms with van der Waals surface area (Å²) < 4.78 is 0. The molecule has 0 bridgehead atoms. The largest absolute Gasteiger partial charge is 0.313 e. The van der Waals surface area contributed by atoms with Crippen molar-refractivity contribution in [2.75, 3.05) is 7.05 Å². The van der Waals surface area contributed by atoms with Crippen LogP contribution in [-0.4, -0.2) is 7.05 Å². The molecule has 1 fully saturated rings. The van der Waals surface area contributed by atoms with Gasteiger partial charge in [0, 0.05) is 10.9 Å². The Labute approximate surface area is 90.5 Å². The van der Waals surface area contributed by atoms with E-state index in [-0.39, 0.29) is 0 Å². The number of thiophene rings is 1. The molecule has 1 aliphatic carbocycles. The highest BCUT2D eigenvalue weighted by molar-refractivity contribution is 7.10. The van der Waals surface area contributed by atoms with Crippen LogP contribution in [0, 0.1) is 18.8 Å². The van der Waals surface area contributed by atoms with Crippen molar-refractivity contribution in [3.05, 3.63) is 21.9 Å². The molecule has 0 spiro atoms. The van der Waals surface area contributed by atoms with Gasteiger partial charge >= 0.3 is 0 Å². The number of nitrogens with one attached hydrogen (secondary N) is 1. The standard InChI is InChI=1S/C12H19NS/c1-8(10-4-5-10)12(13-3)11-6-7-14-9(11)2/h6-8,10,12-13H,4-5H2,1-3H3. The van der Waals surface area contributed by atoms with Gasteiger partial charge in [0.05, 0.1) is 0 Å². The van der Waals surface area contributed by atoms with Gasteiger partial charge < -0.3 is 5.32 Å². The first kappa shape index (κ1) is 10.2. The van der Waals surface area contributed by atoms with Crippen molar-refractivity contribution in [3.63, 3.8) is 0 Å². The fourth-order valence-electron chi connectivity index (χ4n) is 2.31. The van der Waals surface area contributed by atoms with Crippen molar-refractivity contribution >= 4 is 11.3 Å². The zero-order valence-electron chi connectivity index (χ0n) is 9.21. The molecule has 0 radical (unpaired) electrons. The monoisotopic (exact) mass is 209 g/mol. The van der Waals surface area contributed by atoms with Gasteiger partial charge in [-0.2, -0.15) is 0 Å². The third-order valence-electron chi connectivity index (χ3n) is 3.44. The lowest BCUT2D eigenvalue weighted by Crippen LogP contribution is -2.24. The highest BCUT2D eigenvalue weighted by Gasteiger charge is 2.33. The lowest BCUT2D eigenvalue weighted by Gasteiger charge is -2.23. The van der Waals surface area contributed by atoms with Gasteiger partial charge in [-0.3, -0.25) is 0 Å². The predicted octanol–water partition coefficient (Wildman–Crippen LogP) is 3.36. The summed E-state index contributed by atoms with van der Waals surface area (Å²) in [4.78, 5) is 1.47. The maximum atomic E-state index is 3.47. The molecule has 0 aliphatic heterocycles. The van der Waals surface area contributed by atoms with Crippen LogP contribution in [0.3, 0.4) is 0 Å². The summed E-state index contributed by atoms with van der Waals surface area (Å²) >= 11 is 1.86. The van der Waals surface area contributed by atoms with E-state index in [0.29, 0.717) is 6.04 Å². The predicted molar refractivity (Wildman–Crippen MR) is 62.7 cm³/mol. The summed E-state index contributed by atoms with van der Waals surface area (Å²) in [6.07, 6.45) is 2.87. The van der Waals surface area contributed by atoms with Gasteiger partial charge in [-0.1, -0.05) is 6.92 Å². The molecule has 0 amide bonds. The molecule has 2 heteroatoms. The van der Waals surface area contributed by atoms with Crippen LogP contribution in [0.1, 0.15) is 36.2 Å². The van der Waals surface area contributed by atoms with Gasteiger partial charge in [-0.15, -0.1) is 11.3 Å². The zero-order valence-corrected chi connectivity index (χ0v) is 10.0. The first-order valence-electron chi connectivity index (χ1n) is 5.45. The normalized spacial score (nSPS) is 20.8. The highest BCUT2D eigenvalue weighted by atomic mass is 32.1. The Morgan fingerprint density at radius 3 is 2.64 bits per heavy atom. The molecule has 14 heavy (non-hydrogen) atoms. The van der Waals surface area contributed by atoms with Gasteiger partial charge in [-0.25, -0.2) is 0 Å². The lowest BCUT2D eigenvalue weighted by molar-refractivity contribution is 0.369. The molecule has 1 N–H and O–H groups in total. The second-order valence-electron chi connectivity index (χ2n) is 4.40. The van der Waals surface area contributed by atoms with Gasteiger partial charge in [0.1, 0.15) is 0 Å². The molecule has 78 valence electrons. The van der Waals surface area contributed by atoms with Crippen molar-refractivity contribution in [2.24, 2.45) is 11.8 Å². The Kier molecular flexibility index (Phi) is 2.93. The van der Waals surface area contributed by atoms with E-state index in [1.54, 1.807) is 0 Å². The van der Waals surface area contributed by atoms with Crippen LogP contribution in [-0.2, 0) is 0 Å². The molecule has 1 aromatic rings. The van der Waals surface area contributed by atoms with E-state index in [1.165, 1.54) is 23.3 Å². The molecule has 1 aromatic heterocycles.